The third-order valence-corrected chi connectivity index (χ3v) is 4.09. The van der Waals surface area contributed by atoms with Crippen molar-refractivity contribution in [3.05, 3.63) is 33.9 Å². The first-order valence-electron chi connectivity index (χ1n) is 7.31. The summed E-state index contributed by atoms with van der Waals surface area (Å²) < 4.78 is 0. The summed E-state index contributed by atoms with van der Waals surface area (Å²) in [6.07, 6.45) is 2.33. The Kier molecular flexibility index (Phi) is 4.95. The molecule has 1 aromatic rings. The molecule has 0 amide bonds. The lowest BCUT2D eigenvalue weighted by atomic mass is 9.96. The van der Waals surface area contributed by atoms with Crippen molar-refractivity contribution in [3.8, 4) is 0 Å². The van der Waals surface area contributed by atoms with Crippen LogP contribution in [-0.2, 0) is 0 Å². The Morgan fingerprint density at radius 1 is 1.40 bits per heavy atom. The smallest absolute Gasteiger partial charge is 0.292 e. The minimum Gasteiger partial charge on any atom is -0.379 e. The maximum absolute atomic E-state index is 11.1. The molecule has 0 spiro atoms. The van der Waals surface area contributed by atoms with Crippen molar-refractivity contribution in [2.24, 2.45) is 5.92 Å². The maximum Gasteiger partial charge on any atom is 0.292 e. The van der Waals surface area contributed by atoms with Crippen LogP contribution in [0.3, 0.4) is 0 Å². The standard InChI is InChI=1S/C15H23N3O2/c1-3-17-8-6-13(7-9-17)11-16-14-5-4-12(2)10-15(14)18(19)20/h4-5,10,13,16H,3,6-9,11H2,1-2H3. The molecule has 2 rings (SSSR count). The maximum atomic E-state index is 11.1. The van der Waals surface area contributed by atoms with Crippen LogP contribution in [0.15, 0.2) is 18.2 Å². The number of nitro groups is 1. The predicted molar refractivity (Wildman–Crippen MR) is 81.2 cm³/mol. The molecule has 1 N–H and O–H groups in total. The van der Waals surface area contributed by atoms with Gasteiger partial charge in [-0.15, -0.1) is 0 Å². The molecule has 0 unspecified atom stereocenters. The first-order valence-corrected chi connectivity index (χ1v) is 7.31. The van der Waals surface area contributed by atoms with Crippen LogP contribution >= 0.6 is 0 Å². The lowest BCUT2D eigenvalue weighted by molar-refractivity contribution is -0.384. The number of hydrogen-bond acceptors (Lipinski definition) is 4. The van der Waals surface area contributed by atoms with Gasteiger partial charge in [-0.05, 0) is 56.9 Å². The molecule has 1 heterocycles. The highest BCUT2D eigenvalue weighted by molar-refractivity contribution is 5.62. The van der Waals surface area contributed by atoms with Gasteiger partial charge in [-0.1, -0.05) is 13.0 Å². The van der Waals surface area contributed by atoms with Crippen LogP contribution in [0.25, 0.3) is 0 Å². The van der Waals surface area contributed by atoms with E-state index in [1.807, 2.05) is 19.1 Å². The number of likely N-dealkylation sites (tertiary alicyclic amines) is 1. The van der Waals surface area contributed by atoms with Gasteiger partial charge in [0.05, 0.1) is 4.92 Å². The van der Waals surface area contributed by atoms with Crippen LogP contribution in [0.2, 0.25) is 0 Å². The van der Waals surface area contributed by atoms with Gasteiger partial charge in [-0.2, -0.15) is 0 Å². The summed E-state index contributed by atoms with van der Waals surface area (Å²) >= 11 is 0. The molecule has 1 aliphatic rings. The van der Waals surface area contributed by atoms with E-state index in [1.165, 1.54) is 12.8 Å². The molecule has 20 heavy (non-hydrogen) atoms. The van der Waals surface area contributed by atoms with Crippen LogP contribution in [0, 0.1) is 23.0 Å². The second kappa shape index (κ2) is 6.70. The molecule has 5 heteroatoms. The fourth-order valence-corrected chi connectivity index (χ4v) is 2.70. The fourth-order valence-electron chi connectivity index (χ4n) is 2.70. The number of benzene rings is 1. The van der Waals surface area contributed by atoms with Gasteiger partial charge in [-0.25, -0.2) is 0 Å². The summed E-state index contributed by atoms with van der Waals surface area (Å²) in [4.78, 5) is 13.2. The number of rotatable bonds is 5. The SMILES string of the molecule is CCN1CCC(CNc2ccc(C)cc2[N+](=O)[O-])CC1. The average molecular weight is 277 g/mol. The summed E-state index contributed by atoms with van der Waals surface area (Å²) in [6, 6.07) is 5.35. The van der Waals surface area contributed by atoms with Crippen molar-refractivity contribution in [3.63, 3.8) is 0 Å². The highest BCUT2D eigenvalue weighted by Gasteiger charge is 2.19. The zero-order valence-corrected chi connectivity index (χ0v) is 12.3. The van der Waals surface area contributed by atoms with E-state index in [9.17, 15) is 10.1 Å². The molecule has 110 valence electrons. The Bertz CT molecular complexity index is 468. The Morgan fingerprint density at radius 2 is 2.10 bits per heavy atom. The summed E-state index contributed by atoms with van der Waals surface area (Å²) in [5, 5.41) is 14.3. The van der Waals surface area contributed by atoms with E-state index in [1.54, 1.807) is 6.07 Å². The molecule has 1 aromatic carbocycles. The largest absolute Gasteiger partial charge is 0.379 e. The molecule has 0 aromatic heterocycles. The molecule has 1 fully saturated rings. The van der Waals surface area contributed by atoms with E-state index in [0.29, 0.717) is 11.6 Å². The minimum absolute atomic E-state index is 0.177. The molecule has 0 aliphatic carbocycles. The van der Waals surface area contributed by atoms with E-state index in [-0.39, 0.29) is 10.6 Å². The first-order chi connectivity index (χ1) is 9.60. The van der Waals surface area contributed by atoms with Gasteiger partial charge in [0.15, 0.2) is 0 Å². The van der Waals surface area contributed by atoms with Gasteiger partial charge in [-0.3, -0.25) is 10.1 Å². The Hall–Kier alpha value is -1.62. The monoisotopic (exact) mass is 277 g/mol. The van der Waals surface area contributed by atoms with Gasteiger partial charge in [0.2, 0.25) is 0 Å². The number of nitrogens with zero attached hydrogens (tertiary/aromatic N) is 2. The van der Waals surface area contributed by atoms with Crippen molar-refractivity contribution >= 4 is 11.4 Å². The normalized spacial score (nSPS) is 17.1. The van der Waals surface area contributed by atoms with Crippen LogP contribution in [0.4, 0.5) is 11.4 Å². The molecule has 1 saturated heterocycles. The third kappa shape index (κ3) is 3.70. The van der Waals surface area contributed by atoms with Crippen molar-refractivity contribution in [2.75, 3.05) is 31.5 Å². The Labute approximate surface area is 120 Å². The zero-order valence-electron chi connectivity index (χ0n) is 12.3. The van der Waals surface area contributed by atoms with E-state index in [4.69, 9.17) is 0 Å². The second-order valence-electron chi connectivity index (χ2n) is 5.54. The minimum atomic E-state index is -0.310. The van der Waals surface area contributed by atoms with E-state index < -0.39 is 0 Å². The zero-order chi connectivity index (χ0) is 14.5. The molecule has 0 atom stereocenters. The summed E-state index contributed by atoms with van der Waals surface area (Å²) in [6.45, 7) is 8.27. The fraction of sp³-hybridized carbons (Fsp3) is 0.600. The van der Waals surface area contributed by atoms with Crippen molar-refractivity contribution in [2.45, 2.75) is 26.7 Å². The summed E-state index contributed by atoms with van der Waals surface area (Å²) in [5.74, 6) is 0.610. The summed E-state index contributed by atoms with van der Waals surface area (Å²) in [5.41, 5.74) is 1.73. The topological polar surface area (TPSA) is 58.4 Å². The third-order valence-electron chi connectivity index (χ3n) is 4.09. The Balaban J connectivity index is 1.93. The molecule has 5 nitrogen and oxygen atoms in total. The Morgan fingerprint density at radius 3 is 2.70 bits per heavy atom. The number of anilines is 1. The second-order valence-corrected chi connectivity index (χ2v) is 5.54. The van der Waals surface area contributed by atoms with Gasteiger partial charge >= 0.3 is 0 Å². The lowest BCUT2D eigenvalue weighted by Crippen LogP contribution is -2.35. The number of nitro benzene ring substituents is 1. The van der Waals surface area contributed by atoms with Crippen LogP contribution < -0.4 is 5.32 Å². The molecule has 0 saturated carbocycles. The van der Waals surface area contributed by atoms with Gasteiger partial charge < -0.3 is 10.2 Å². The molecule has 0 bridgehead atoms. The van der Waals surface area contributed by atoms with Crippen LogP contribution in [0.1, 0.15) is 25.3 Å². The highest BCUT2D eigenvalue weighted by atomic mass is 16.6. The number of nitrogens with one attached hydrogen (secondary N) is 1. The van der Waals surface area contributed by atoms with Crippen LogP contribution in [0.5, 0.6) is 0 Å². The molecular formula is C15H23N3O2. The number of hydrogen-bond donors (Lipinski definition) is 1. The van der Waals surface area contributed by atoms with Gasteiger partial charge in [0.1, 0.15) is 5.69 Å². The van der Waals surface area contributed by atoms with Crippen molar-refractivity contribution in [1.82, 2.24) is 4.90 Å². The quantitative estimate of drug-likeness (QED) is 0.664. The first kappa shape index (κ1) is 14.8. The van der Waals surface area contributed by atoms with E-state index in [0.717, 1.165) is 31.7 Å². The number of aryl methyl sites for hydroxylation is 1. The summed E-state index contributed by atoms with van der Waals surface area (Å²) in [7, 11) is 0. The highest BCUT2D eigenvalue weighted by Crippen LogP contribution is 2.26. The van der Waals surface area contributed by atoms with Gasteiger partial charge in [0, 0.05) is 12.6 Å². The average Bonchev–Trinajstić information content (AvgIpc) is 2.46. The van der Waals surface area contributed by atoms with Gasteiger partial charge in [0.25, 0.3) is 5.69 Å². The van der Waals surface area contributed by atoms with E-state index >= 15 is 0 Å². The molecule has 0 radical (unpaired) electrons. The molecule has 1 aliphatic heterocycles. The van der Waals surface area contributed by atoms with E-state index in [2.05, 4.69) is 17.1 Å². The molecular weight excluding hydrogens is 254 g/mol. The van der Waals surface area contributed by atoms with Crippen LogP contribution in [-0.4, -0.2) is 36.0 Å². The lowest BCUT2D eigenvalue weighted by Gasteiger charge is -2.31. The van der Waals surface area contributed by atoms with Crippen molar-refractivity contribution < 1.29 is 4.92 Å². The van der Waals surface area contributed by atoms with Crippen molar-refractivity contribution in [1.29, 1.82) is 0 Å². The predicted octanol–water partition coefficient (Wildman–Crippen LogP) is 3.05. The number of piperidine rings is 1.